The molecule has 2 N–H and O–H groups in total. The van der Waals surface area contributed by atoms with Crippen molar-refractivity contribution < 1.29 is 14.9 Å². The summed E-state index contributed by atoms with van der Waals surface area (Å²) in [6.07, 6.45) is 0.842. The Kier molecular flexibility index (Phi) is 4.33. The van der Waals surface area contributed by atoms with Crippen molar-refractivity contribution >= 4 is 0 Å². The monoisotopic (exact) mass is 224 g/mol. The number of ether oxygens (including phenoxy) is 1. The summed E-state index contributed by atoms with van der Waals surface area (Å²) >= 11 is 0. The molecule has 0 aromatic heterocycles. The number of aliphatic hydroxyl groups is 1. The molecular weight excluding hydrogens is 204 g/mol. The standard InChI is InChI=1S/C11H14O3.C2H6/c1-8-6-9(13)2-3-10(8)11(7-12)4-5-14-11;1-2/h2-3,6,12-13H,4-5,7H2,1H3;1-2H3. The lowest BCUT2D eigenvalue weighted by molar-refractivity contribution is -0.177. The second-order valence-corrected chi connectivity index (χ2v) is 3.75. The molecule has 2 rings (SSSR count). The van der Waals surface area contributed by atoms with Crippen LogP contribution in [0.1, 0.15) is 31.4 Å². The Hall–Kier alpha value is -1.06. The maximum absolute atomic E-state index is 9.30. The third-order valence-electron chi connectivity index (χ3n) is 2.84. The zero-order valence-electron chi connectivity index (χ0n) is 10.2. The van der Waals surface area contributed by atoms with Crippen molar-refractivity contribution in [3.63, 3.8) is 0 Å². The van der Waals surface area contributed by atoms with E-state index in [4.69, 9.17) is 4.74 Å². The van der Waals surface area contributed by atoms with Crippen LogP contribution in [0.2, 0.25) is 0 Å². The number of hydrogen-bond acceptors (Lipinski definition) is 3. The van der Waals surface area contributed by atoms with E-state index in [9.17, 15) is 10.2 Å². The summed E-state index contributed by atoms with van der Waals surface area (Å²) in [5.74, 6) is 0.249. The minimum Gasteiger partial charge on any atom is -0.508 e. The van der Waals surface area contributed by atoms with Gasteiger partial charge in [-0.25, -0.2) is 0 Å². The van der Waals surface area contributed by atoms with Crippen LogP contribution in [0.25, 0.3) is 0 Å². The van der Waals surface area contributed by atoms with E-state index in [0.717, 1.165) is 17.5 Å². The Morgan fingerprint density at radius 2 is 2.00 bits per heavy atom. The highest BCUT2D eigenvalue weighted by Gasteiger charge is 2.40. The predicted molar refractivity (Wildman–Crippen MR) is 63.5 cm³/mol. The molecule has 1 fully saturated rings. The Labute approximate surface area is 96.7 Å². The first kappa shape index (κ1) is 13.0. The van der Waals surface area contributed by atoms with Gasteiger partial charge in [-0.3, -0.25) is 0 Å². The molecule has 0 amide bonds. The summed E-state index contributed by atoms with van der Waals surface area (Å²) in [6.45, 7) is 6.60. The van der Waals surface area contributed by atoms with Crippen molar-refractivity contribution in [1.82, 2.24) is 0 Å². The number of aliphatic hydroxyl groups excluding tert-OH is 1. The maximum Gasteiger partial charge on any atom is 0.118 e. The fourth-order valence-corrected chi connectivity index (χ4v) is 1.93. The topological polar surface area (TPSA) is 49.7 Å². The van der Waals surface area contributed by atoms with Crippen LogP contribution >= 0.6 is 0 Å². The molecule has 1 aliphatic rings. The van der Waals surface area contributed by atoms with Gasteiger partial charge in [0.15, 0.2) is 0 Å². The zero-order valence-corrected chi connectivity index (χ0v) is 10.2. The average molecular weight is 224 g/mol. The summed E-state index contributed by atoms with van der Waals surface area (Å²) in [7, 11) is 0. The number of rotatable bonds is 2. The highest BCUT2D eigenvalue weighted by Crippen LogP contribution is 2.39. The van der Waals surface area contributed by atoms with E-state index < -0.39 is 5.60 Å². The molecule has 1 aliphatic heterocycles. The van der Waals surface area contributed by atoms with Crippen LogP contribution in [0.4, 0.5) is 0 Å². The van der Waals surface area contributed by atoms with E-state index >= 15 is 0 Å². The lowest BCUT2D eigenvalue weighted by atomic mass is 9.84. The minimum atomic E-state index is -0.516. The van der Waals surface area contributed by atoms with Gasteiger partial charge in [0.05, 0.1) is 13.2 Å². The largest absolute Gasteiger partial charge is 0.508 e. The summed E-state index contributed by atoms with van der Waals surface area (Å²) in [5.41, 5.74) is 1.42. The molecule has 16 heavy (non-hydrogen) atoms. The first-order valence-electron chi connectivity index (χ1n) is 5.73. The van der Waals surface area contributed by atoms with Crippen molar-refractivity contribution in [2.45, 2.75) is 32.8 Å². The molecule has 0 aliphatic carbocycles. The summed E-state index contributed by atoms with van der Waals surface area (Å²) in [5, 5.41) is 18.6. The van der Waals surface area contributed by atoms with Gasteiger partial charge in [-0.2, -0.15) is 0 Å². The van der Waals surface area contributed by atoms with E-state index in [0.29, 0.717) is 6.61 Å². The number of benzene rings is 1. The molecule has 1 aromatic carbocycles. The number of aromatic hydroxyl groups is 1. The van der Waals surface area contributed by atoms with Crippen molar-refractivity contribution in [3.05, 3.63) is 29.3 Å². The van der Waals surface area contributed by atoms with Gasteiger partial charge in [0.25, 0.3) is 0 Å². The molecule has 0 bridgehead atoms. The molecule has 1 unspecified atom stereocenters. The summed E-state index contributed by atoms with van der Waals surface area (Å²) in [4.78, 5) is 0. The number of hydrogen-bond donors (Lipinski definition) is 2. The number of phenols is 1. The zero-order chi connectivity index (χ0) is 12.2. The average Bonchev–Trinajstić information content (AvgIpc) is 2.23. The third kappa shape index (κ3) is 2.20. The third-order valence-corrected chi connectivity index (χ3v) is 2.84. The fraction of sp³-hybridized carbons (Fsp3) is 0.538. The van der Waals surface area contributed by atoms with E-state index in [2.05, 4.69) is 0 Å². The van der Waals surface area contributed by atoms with E-state index in [-0.39, 0.29) is 12.4 Å². The summed E-state index contributed by atoms with van der Waals surface area (Å²) in [6, 6.07) is 5.13. The Balaban J connectivity index is 0.000000606. The van der Waals surface area contributed by atoms with Gasteiger partial charge in [-0.05, 0) is 30.2 Å². The van der Waals surface area contributed by atoms with Crippen molar-refractivity contribution in [1.29, 1.82) is 0 Å². The quantitative estimate of drug-likeness (QED) is 0.810. The van der Waals surface area contributed by atoms with Gasteiger partial charge >= 0.3 is 0 Å². The minimum absolute atomic E-state index is 0.00137. The molecule has 3 heteroatoms. The first-order chi connectivity index (χ1) is 7.68. The molecule has 1 heterocycles. The molecule has 1 atom stereocenters. The van der Waals surface area contributed by atoms with E-state index in [1.165, 1.54) is 0 Å². The second-order valence-electron chi connectivity index (χ2n) is 3.75. The Morgan fingerprint density at radius 3 is 2.38 bits per heavy atom. The normalized spacial score (nSPS) is 23.0. The van der Waals surface area contributed by atoms with Crippen molar-refractivity contribution in [3.8, 4) is 5.75 Å². The lowest BCUT2D eigenvalue weighted by Gasteiger charge is -2.41. The molecule has 90 valence electrons. The van der Waals surface area contributed by atoms with E-state index in [1.807, 2.05) is 26.8 Å². The molecule has 1 saturated heterocycles. The van der Waals surface area contributed by atoms with Crippen LogP contribution in [0, 0.1) is 6.92 Å². The molecule has 0 radical (unpaired) electrons. The molecule has 0 saturated carbocycles. The van der Waals surface area contributed by atoms with Crippen LogP contribution < -0.4 is 0 Å². The van der Waals surface area contributed by atoms with Crippen LogP contribution in [0.5, 0.6) is 5.75 Å². The van der Waals surface area contributed by atoms with Crippen molar-refractivity contribution in [2.75, 3.05) is 13.2 Å². The SMILES string of the molecule is CC.Cc1cc(O)ccc1C1(CO)CCO1. The maximum atomic E-state index is 9.30. The van der Waals surface area contributed by atoms with Gasteiger partial charge in [-0.15, -0.1) is 0 Å². The Bertz CT molecular complexity index is 338. The van der Waals surface area contributed by atoms with Crippen LogP contribution in [0.15, 0.2) is 18.2 Å². The van der Waals surface area contributed by atoms with Gasteiger partial charge < -0.3 is 14.9 Å². The van der Waals surface area contributed by atoms with E-state index in [1.54, 1.807) is 12.1 Å². The van der Waals surface area contributed by atoms with Gasteiger partial charge in [-0.1, -0.05) is 19.9 Å². The van der Waals surface area contributed by atoms with Crippen LogP contribution in [-0.4, -0.2) is 23.4 Å². The molecule has 1 aromatic rings. The van der Waals surface area contributed by atoms with Crippen molar-refractivity contribution in [2.24, 2.45) is 0 Å². The molecule has 0 spiro atoms. The lowest BCUT2D eigenvalue weighted by Crippen LogP contribution is -2.44. The van der Waals surface area contributed by atoms with Gasteiger partial charge in [0.2, 0.25) is 0 Å². The highest BCUT2D eigenvalue weighted by molar-refractivity contribution is 5.38. The first-order valence-corrected chi connectivity index (χ1v) is 5.73. The summed E-state index contributed by atoms with van der Waals surface area (Å²) < 4.78 is 5.44. The predicted octanol–water partition coefficient (Wildman–Crippen LogP) is 2.33. The van der Waals surface area contributed by atoms with Crippen LogP contribution in [-0.2, 0) is 10.3 Å². The molecule has 3 nitrogen and oxygen atoms in total. The number of aryl methyl sites for hydroxylation is 1. The van der Waals surface area contributed by atoms with Gasteiger partial charge in [0, 0.05) is 6.42 Å². The second kappa shape index (κ2) is 5.32. The van der Waals surface area contributed by atoms with Crippen LogP contribution in [0.3, 0.4) is 0 Å². The Morgan fingerprint density at radius 1 is 1.38 bits per heavy atom. The smallest absolute Gasteiger partial charge is 0.118 e. The van der Waals surface area contributed by atoms with Gasteiger partial charge in [0.1, 0.15) is 11.4 Å². The fourth-order valence-electron chi connectivity index (χ4n) is 1.93. The highest BCUT2D eigenvalue weighted by atomic mass is 16.5. The molecular formula is C13H20O3. The number of phenolic OH excluding ortho intramolecular Hbond substituents is 1.